The molecule has 0 heterocycles. The van der Waals surface area contributed by atoms with Gasteiger partial charge in [-0.05, 0) is 12.1 Å². The summed E-state index contributed by atoms with van der Waals surface area (Å²) in [5.74, 6) is -0.879. The molecule has 1 rings (SSSR count). The summed E-state index contributed by atoms with van der Waals surface area (Å²) in [7, 11) is 0. The molecule has 148 valence electrons. The molecule has 0 spiro atoms. The Kier molecular flexibility index (Phi) is 20.4. The van der Waals surface area contributed by atoms with E-state index in [0.717, 1.165) is 0 Å². The van der Waals surface area contributed by atoms with E-state index in [9.17, 15) is 4.79 Å². The molecule has 0 aliphatic carbocycles. The van der Waals surface area contributed by atoms with E-state index >= 15 is 0 Å². The molecule has 26 heavy (non-hydrogen) atoms. The molecule has 2 nitrogen and oxygen atoms in total. The third-order valence-corrected chi connectivity index (χ3v) is 8.47. The van der Waals surface area contributed by atoms with Gasteiger partial charge in [0.15, 0.2) is 0 Å². The van der Waals surface area contributed by atoms with Crippen molar-refractivity contribution in [2.75, 3.05) is 0 Å². The molecule has 0 saturated heterocycles. The van der Waals surface area contributed by atoms with Crippen LogP contribution in [0.25, 0.3) is 0 Å². The average molecular weight is 467 g/mol. The molecule has 0 unspecified atom stereocenters. The zero-order valence-corrected chi connectivity index (χ0v) is 20.0. The first-order valence-corrected chi connectivity index (χ1v) is 14.7. The zero-order chi connectivity index (χ0) is 19.3. The van der Waals surface area contributed by atoms with Gasteiger partial charge in [0.25, 0.3) is 0 Å². The second-order valence-corrected chi connectivity index (χ2v) is 11.2. The van der Waals surface area contributed by atoms with Crippen molar-refractivity contribution in [1.82, 2.24) is 0 Å². The van der Waals surface area contributed by atoms with Gasteiger partial charge < -0.3 is 5.11 Å². The van der Waals surface area contributed by atoms with Crippen molar-refractivity contribution < 1.29 is 9.90 Å². The summed E-state index contributed by atoms with van der Waals surface area (Å²) in [6, 6.07) is 8.30. The van der Waals surface area contributed by atoms with Crippen LogP contribution in [0.4, 0.5) is 0 Å². The van der Waals surface area contributed by atoms with Gasteiger partial charge in [-0.1, -0.05) is 18.2 Å². The summed E-state index contributed by atoms with van der Waals surface area (Å²) < 4.78 is 3.31. The van der Waals surface area contributed by atoms with E-state index < -0.39 is 5.97 Å². The maximum atomic E-state index is 10.2. The van der Waals surface area contributed by atoms with Crippen molar-refractivity contribution >= 4 is 27.1 Å². The van der Waals surface area contributed by atoms with Gasteiger partial charge in [-0.15, -0.1) is 0 Å². The molecule has 0 aliphatic rings. The number of hydrogen-bond acceptors (Lipinski definition) is 1. The van der Waals surface area contributed by atoms with Crippen LogP contribution in [-0.4, -0.2) is 32.2 Å². The SMILES string of the molecule is CCCCCCC[CH2][Sn][CH2]CCCCCCC.O=C(O)c1ccccc1. The second kappa shape index (κ2) is 20.8. The van der Waals surface area contributed by atoms with Crippen LogP contribution in [0.1, 0.15) is 101 Å². The Morgan fingerprint density at radius 3 is 1.54 bits per heavy atom. The predicted octanol–water partition coefficient (Wildman–Crippen LogP) is 7.63. The first-order valence-electron chi connectivity index (χ1n) is 10.7. The number of carboxylic acid groups (broad SMARTS) is 1. The van der Waals surface area contributed by atoms with Gasteiger partial charge in [-0.25, -0.2) is 4.79 Å². The van der Waals surface area contributed by atoms with E-state index in [1.165, 1.54) is 64.2 Å². The quantitative estimate of drug-likeness (QED) is 0.213. The molecule has 0 aliphatic heterocycles. The Balaban J connectivity index is 0.000000577. The Morgan fingerprint density at radius 1 is 0.731 bits per heavy atom. The summed E-state index contributed by atoms with van der Waals surface area (Å²) in [5.41, 5.74) is 0.331. The zero-order valence-electron chi connectivity index (χ0n) is 17.1. The summed E-state index contributed by atoms with van der Waals surface area (Å²) >= 11 is 0.0736. The second-order valence-electron chi connectivity index (χ2n) is 6.96. The number of benzene rings is 1. The Hall–Kier alpha value is -0.511. The van der Waals surface area contributed by atoms with Crippen LogP contribution in [-0.2, 0) is 0 Å². The van der Waals surface area contributed by atoms with E-state index in [-0.39, 0.29) is 21.1 Å². The van der Waals surface area contributed by atoms with Crippen LogP contribution in [0, 0.1) is 0 Å². The van der Waals surface area contributed by atoms with Crippen molar-refractivity contribution in [1.29, 1.82) is 0 Å². The molecule has 3 heteroatoms. The molecule has 2 radical (unpaired) electrons. The largest absolute Gasteiger partial charge is 0.478 e. The number of rotatable bonds is 15. The van der Waals surface area contributed by atoms with Gasteiger partial charge in [0.2, 0.25) is 0 Å². The molecule has 0 amide bonds. The summed E-state index contributed by atoms with van der Waals surface area (Å²) in [6.07, 6.45) is 17.8. The normalized spacial score (nSPS) is 10.2. The van der Waals surface area contributed by atoms with E-state index in [2.05, 4.69) is 13.8 Å². The standard InChI is InChI=1S/2C8H17.C7H6O2.Sn/c2*1-3-5-7-8-6-4-2;8-7(9)6-4-2-1-3-5-6;/h2*1,3-8H2,2H3;1-5H,(H,8,9);. The molecule has 0 saturated carbocycles. The predicted molar refractivity (Wildman–Crippen MR) is 116 cm³/mol. The molecular weight excluding hydrogens is 427 g/mol. The molecular formula is C23H40O2Sn. The number of carbonyl (C=O) groups is 1. The summed E-state index contributed by atoms with van der Waals surface area (Å²) in [6.45, 7) is 4.60. The molecule has 0 fully saturated rings. The van der Waals surface area contributed by atoms with Crippen molar-refractivity contribution in [3.05, 3.63) is 35.9 Å². The van der Waals surface area contributed by atoms with Crippen LogP contribution in [0.3, 0.4) is 0 Å². The maximum absolute atomic E-state index is 10.2. The van der Waals surface area contributed by atoms with Gasteiger partial charge in [0.05, 0.1) is 5.56 Å². The first kappa shape index (κ1) is 25.5. The van der Waals surface area contributed by atoms with Crippen LogP contribution in [0.2, 0.25) is 8.87 Å². The summed E-state index contributed by atoms with van der Waals surface area (Å²) in [4.78, 5) is 10.2. The van der Waals surface area contributed by atoms with Crippen LogP contribution >= 0.6 is 0 Å². The number of aromatic carboxylic acids is 1. The molecule has 1 aromatic rings. The minimum Gasteiger partial charge on any atom is -0.478 e. The van der Waals surface area contributed by atoms with Gasteiger partial charge in [-0.2, -0.15) is 0 Å². The fraction of sp³-hybridized carbons (Fsp3) is 0.696. The third-order valence-electron chi connectivity index (χ3n) is 4.43. The van der Waals surface area contributed by atoms with E-state index in [1.54, 1.807) is 52.0 Å². The molecule has 1 N–H and O–H groups in total. The fourth-order valence-electron chi connectivity index (χ4n) is 2.77. The van der Waals surface area contributed by atoms with E-state index in [4.69, 9.17) is 5.11 Å². The number of carboxylic acids is 1. The van der Waals surface area contributed by atoms with E-state index in [0.29, 0.717) is 5.56 Å². The van der Waals surface area contributed by atoms with Gasteiger partial charge in [0, 0.05) is 0 Å². The Bertz CT molecular complexity index is 392. The van der Waals surface area contributed by atoms with Crippen molar-refractivity contribution in [2.45, 2.75) is 99.8 Å². The number of hydrogen-bond donors (Lipinski definition) is 1. The molecule has 0 atom stereocenters. The minimum absolute atomic E-state index is 0.0736. The minimum atomic E-state index is -0.879. The van der Waals surface area contributed by atoms with Crippen LogP contribution in [0.5, 0.6) is 0 Å². The van der Waals surface area contributed by atoms with Crippen LogP contribution < -0.4 is 0 Å². The molecule has 0 bridgehead atoms. The number of unbranched alkanes of at least 4 members (excludes halogenated alkanes) is 10. The van der Waals surface area contributed by atoms with Crippen LogP contribution in [0.15, 0.2) is 30.3 Å². The van der Waals surface area contributed by atoms with Gasteiger partial charge in [-0.3, -0.25) is 0 Å². The maximum Gasteiger partial charge on any atom is 0.335 e. The summed E-state index contributed by atoms with van der Waals surface area (Å²) in [5, 5.41) is 8.38. The van der Waals surface area contributed by atoms with Gasteiger partial charge >= 0.3 is 127 Å². The monoisotopic (exact) mass is 468 g/mol. The Labute approximate surface area is 172 Å². The first-order chi connectivity index (χ1) is 12.7. The smallest absolute Gasteiger partial charge is 0.335 e. The third kappa shape index (κ3) is 18.3. The molecule has 1 aromatic carbocycles. The average Bonchev–Trinajstić information content (AvgIpc) is 2.67. The topological polar surface area (TPSA) is 37.3 Å². The van der Waals surface area contributed by atoms with Gasteiger partial charge in [0.1, 0.15) is 0 Å². The Morgan fingerprint density at radius 2 is 1.15 bits per heavy atom. The fourth-order valence-corrected chi connectivity index (χ4v) is 6.33. The van der Waals surface area contributed by atoms with Crippen molar-refractivity contribution in [3.8, 4) is 0 Å². The molecule has 0 aromatic heterocycles. The van der Waals surface area contributed by atoms with Crippen molar-refractivity contribution in [3.63, 3.8) is 0 Å². The van der Waals surface area contributed by atoms with E-state index in [1.807, 2.05) is 0 Å². The van der Waals surface area contributed by atoms with Crippen molar-refractivity contribution in [2.24, 2.45) is 0 Å².